The van der Waals surface area contributed by atoms with E-state index in [1.807, 2.05) is 6.08 Å². The molecule has 0 amide bonds. The molecule has 1 saturated heterocycles. The average Bonchev–Trinajstić information content (AvgIpc) is 2.46. The van der Waals surface area contributed by atoms with Crippen LogP contribution < -0.4 is 11.5 Å². The number of hydrogen-bond acceptors (Lipinski definition) is 3. The molecule has 10 heavy (non-hydrogen) atoms. The molecule has 0 radical (unpaired) electrons. The molecule has 0 aromatic rings. The van der Waals surface area contributed by atoms with Gasteiger partial charge in [-0.1, -0.05) is 12.2 Å². The summed E-state index contributed by atoms with van der Waals surface area (Å²) < 4.78 is 5.47. The number of hydrogen-bond donors (Lipinski definition) is 2. The van der Waals surface area contributed by atoms with Gasteiger partial charge in [-0.15, -0.1) is 0 Å². The van der Waals surface area contributed by atoms with Gasteiger partial charge in [0.25, 0.3) is 0 Å². The lowest BCUT2D eigenvalue weighted by atomic mass is 9.90. The van der Waals surface area contributed by atoms with Crippen LogP contribution in [0.5, 0.6) is 0 Å². The second-order valence-corrected chi connectivity index (χ2v) is 2.93. The van der Waals surface area contributed by atoms with E-state index in [1.165, 1.54) is 0 Å². The predicted molar refractivity (Wildman–Crippen MR) is 38.3 cm³/mol. The summed E-state index contributed by atoms with van der Waals surface area (Å²) in [7, 11) is 0. The second-order valence-electron chi connectivity index (χ2n) is 2.93. The maximum absolute atomic E-state index is 5.82. The van der Waals surface area contributed by atoms with Gasteiger partial charge in [-0.2, -0.15) is 0 Å². The van der Waals surface area contributed by atoms with Crippen LogP contribution in [0.2, 0.25) is 0 Å². The summed E-state index contributed by atoms with van der Waals surface area (Å²) in [6, 6.07) is 0.125. The average molecular weight is 140 g/mol. The fourth-order valence-electron chi connectivity index (χ4n) is 1.71. The zero-order valence-corrected chi connectivity index (χ0v) is 5.73. The fraction of sp³-hybridized carbons (Fsp3) is 0.714. The Morgan fingerprint density at radius 3 is 2.40 bits per heavy atom. The molecule has 0 aliphatic carbocycles. The van der Waals surface area contributed by atoms with E-state index in [-0.39, 0.29) is 18.2 Å². The van der Waals surface area contributed by atoms with Crippen LogP contribution in [0.1, 0.15) is 0 Å². The van der Waals surface area contributed by atoms with Crippen LogP contribution in [-0.2, 0) is 4.74 Å². The Bertz CT molecular complexity index is 169. The van der Waals surface area contributed by atoms with Gasteiger partial charge in [0.05, 0.1) is 12.2 Å². The van der Waals surface area contributed by atoms with Crippen LogP contribution >= 0.6 is 0 Å². The second kappa shape index (κ2) is 2.05. The van der Waals surface area contributed by atoms with Crippen molar-refractivity contribution in [3.8, 4) is 0 Å². The summed E-state index contributed by atoms with van der Waals surface area (Å²) in [5.74, 6) is 0.343. The molecule has 3 nitrogen and oxygen atoms in total. The molecule has 2 heterocycles. The lowest BCUT2D eigenvalue weighted by Crippen LogP contribution is -2.41. The zero-order chi connectivity index (χ0) is 7.14. The Kier molecular flexibility index (Phi) is 1.30. The van der Waals surface area contributed by atoms with Crippen LogP contribution in [-0.4, -0.2) is 24.8 Å². The van der Waals surface area contributed by atoms with Crippen LogP contribution in [0.15, 0.2) is 12.2 Å². The molecule has 3 heteroatoms. The Balaban J connectivity index is 2.18. The molecule has 0 aromatic carbocycles. The third-order valence-corrected chi connectivity index (χ3v) is 2.37. The maximum atomic E-state index is 5.82. The molecule has 4 N–H and O–H groups in total. The predicted octanol–water partition coefficient (Wildman–Crippen LogP) is -0.774. The highest BCUT2D eigenvalue weighted by Gasteiger charge is 2.42. The molecule has 0 saturated carbocycles. The number of nitrogens with two attached hydrogens (primary N) is 2. The van der Waals surface area contributed by atoms with E-state index in [0.29, 0.717) is 12.5 Å². The molecule has 0 aromatic heterocycles. The van der Waals surface area contributed by atoms with Gasteiger partial charge >= 0.3 is 0 Å². The molecule has 2 aliphatic rings. The van der Waals surface area contributed by atoms with E-state index in [2.05, 4.69) is 6.08 Å². The molecular weight excluding hydrogens is 128 g/mol. The van der Waals surface area contributed by atoms with E-state index in [1.54, 1.807) is 0 Å². The summed E-state index contributed by atoms with van der Waals surface area (Å²) >= 11 is 0. The maximum Gasteiger partial charge on any atom is 0.0920 e. The van der Waals surface area contributed by atoms with Crippen LogP contribution in [0, 0.1) is 5.92 Å². The van der Waals surface area contributed by atoms with E-state index < -0.39 is 0 Å². The number of rotatable bonds is 1. The molecule has 0 unspecified atom stereocenters. The Morgan fingerprint density at radius 1 is 1.30 bits per heavy atom. The highest BCUT2D eigenvalue weighted by Crippen LogP contribution is 2.31. The highest BCUT2D eigenvalue weighted by atomic mass is 16.5. The largest absolute Gasteiger partial charge is 0.365 e. The van der Waals surface area contributed by atoms with Crippen molar-refractivity contribution < 1.29 is 4.74 Å². The van der Waals surface area contributed by atoms with Crippen molar-refractivity contribution in [2.75, 3.05) is 6.54 Å². The molecular formula is C7H12N2O. The summed E-state index contributed by atoms with van der Waals surface area (Å²) in [4.78, 5) is 0. The molecule has 0 spiro atoms. The first-order valence-electron chi connectivity index (χ1n) is 3.62. The van der Waals surface area contributed by atoms with Crippen LogP contribution in [0.4, 0.5) is 0 Å². The van der Waals surface area contributed by atoms with Crippen molar-refractivity contribution in [1.29, 1.82) is 0 Å². The fourth-order valence-corrected chi connectivity index (χ4v) is 1.71. The number of fused-ring (bicyclic) bond motifs is 2. The Hall–Kier alpha value is -0.380. The van der Waals surface area contributed by atoms with E-state index in [4.69, 9.17) is 16.2 Å². The molecule has 1 fully saturated rings. The summed E-state index contributed by atoms with van der Waals surface area (Å²) in [6.07, 6.45) is 4.43. The minimum atomic E-state index is 0.125. The minimum Gasteiger partial charge on any atom is -0.365 e. The van der Waals surface area contributed by atoms with E-state index in [9.17, 15) is 0 Å². The van der Waals surface area contributed by atoms with Crippen LogP contribution in [0.3, 0.4) is 0 Å². The number of ether oxygens (including phenoxy) is 1. The van der Waals surface area contributed by atoms with Crippen molar-refractivity contribution in [3.05, 3.63) is 12.2 Å². The highest BCUT2D eigenvalue weighted by molar-refractivity contribution is 5.16. The normalized spacial score (nSPS) is 50.6. The van der Waals surface area contributed by atoms with Gasteiger partial charge in [-0.3, -0.25) is 0 Å². The van der Waals surface area contributed by atoms with Crippen molar-refractivity contribution in [2.24, 2.45) is 17.4 Å². The van der Waals surface area contributed by atoms with Gasteiger partial charge in [0.1, 0.15) is 0 Å². The third-order valence-electron chi connectivity index (χ3n) is 2.37. The smallest absolute Gasteiger partial charge is 0.0920 e. The van der Waals surface area contributed by atoms with Gasteiger partial charge in [-0.25, -0.2) is 0 Å². The van der Waals surface area contributed by atoms with Crippen molar-refractivity contribution in [1.82, 2.24) is 0 Å². The lowest BCUT2D eigenvalue weighted by Gasteiger charge is -2.18. The van der Waals surface area contributed by atoms with Crippen molar-refractivity contribution >= 4 is 0 Å². The minimum absolute atomic E-state index is 0.125. The zero-order valence-electron chi connectivity index (χ0n) is 5.73. The monoisotopic (exact) mass is 140 g/mol. The molecule has 2 rings (SSSR count). The van der Waals surface area contributed by atoms with Gasteiger partial charge < -0.3 is 16.2 Å². The molecule has 2 bridgehead atoms. The van der Waals surface area contributed by atoms with Crippen molar-refractivity contribution in [3.63, 3.8) is 0 Å². The van der Waals surface area contributed by atoms with Crippen LogP contribution in [0.25, 0.3) is 0 Å². The van der Waals surface area contributed by atoms with E-state index in [0.717, 1.165) is 0 Å². The molecule has 4 atom stereocenters. The summed E-state index contributed by atoms with van der Waals surface area (Å²) in [5.41, 5.74) is 11.3. The SMILES string of the molecule is NC[C@H]1[C@@H](N)[C@@H]2C=C[C@H]1O2. The molecule has 56 valence electrons. The van der Waals surface area contributed by atoms with Gasteiger partial charge in [-0.05, 0) is 6.54 Å². The first-order valence-corrected chi connectivity index (χ1v) is 3.62. The Labute approximate surface area is 60.0 Å². The van der Waals surface area contributed by atoms with Crippen molar-refractivity contribution in [2.45, 2.75) is 18.2 Å². The van der Waals surface area contributed by atoms with E-state index >= 15 is 0 Å². The quantitative estimate of drug-likeness (QED) is 0.470. The molecule has 2 aliphatic heterocycles. The van der Waals surface area contributed by atoms with Gasteiger partial charge in [0.2, 0.25) is 0 Å². The summed E-state index contributed by atoms with van der Waals surface area (Å²) in [6.45, 7) is 0.632. The first-order chi connectivity index (χ1) is 4.83. The topological polar surface area (TPSA) is 61.3 Å². The summed E-state index contributed by atoms with van der Waals surface area (Å²) in [5, 5.41) is 0. The van der Waals surface area contributed by atoms with Gasteiger partial charge in [0.15, 0.2) is 0 Å². The standard InChI is InChI=1S/C7H12N2O/c8-3-4-5-1-2-6(10-5)7(4)9/h1-2,4-7H,3,8-9H2/t4-,5-,6+,7-/m1/s1. The lowest BCUT2D eigenvalue weighted by molar-refractivity contribution is 0.108. The Morgan fingerprint density at radius 2 is 2.00 bits per heavy atom. The first kappa shape index (κ1) is 6.34. The third kappa shape index (κ3) is 0.653. The van der Waals surface area contributed by atoms with Gasteiger partial charge in [0, 0.05) is 12.0 Å².